The van der Waals surface area contributed by atoms with Crippen LogP contribution < -0.4 is 5.32 Å². The van der Waals surface area contributed by atoms with E-state index in [4.69, 9.17) is 27.9 Å². The molecule has 1 fully saturated rings. The number of hydrogen-bond acceptors (Lipinski definition) is 4. The molecule has 1 aromatic rings. The van der Waals surface area contributed by atoms with Gasteiger partial charge in [-0.25, -0.2) is 0 Å². The maximum absolute atomic E-state index is 12.2. The van der Waals surface area contributed by atoms with Crippen LogP contribution in [0.15, 0.2) is 12.1 Å². The van der Waals surface area contributed by atoms with Crippen molar-refractivity contribution in [3.63, 3.8) is 0 Å². The van der Waals surface area contributed by atoms with Crippen molar-refractivity contribution in [3.8, 4) is 0 Å². The first-order valence-corrected chi connectivity index (χ1v) is 7.21. The average molecular weight is 333 g/mol. The lowest BCUT2D eigenvalue weighted by atomic mass is 10.1. The Morgan fingerprint density at radius 2 is 2.24 bits per heavy atom. The van der Waals surface area contributed by atoms with Crippen molar-refractivity contribution in [1.29, 1.82) is 0 Å². The lowest BCUT2D eigenvalue weighted by Gasteiger charge is -2.20. The second-order valence-electron chi connectivity index (χ2n) is 4.86. The second kappa shape index (κ2) is 6.60. The quantitative estimate of drug-likeness (QED) is 0.678. The summed E-state index contributed by atoms with van der Waals surface area (Å²) in [7, 11) is 0. The lowest BCUT2D eigenvalue weighted by Crippen LogP contribution is -2.40. The van der Waals surface area contributed by atoms with Crippen molar-refractivity contribution in [3.05, 3.63) is 37.9 Å². The summed E-state index contributed by atoms with van der Waals surface area (Å²) in [4.78, 5) is 22.4. The van der Waals surface area contributed by atoms with Gasteiger partial charge in [0, 0.05) is 18.7 Å². The SMILES string of the molecule is CC(NC(=O)c1cc([N+](=O)[O-])cc(Cl)c1Cl)C1CCCO1. The third-order valence-electron chi connectivity index (χ3n) is 3.35. The molecule has 1 aliphatic heterocycles. The van der Waals surface area contributed by atoms with E-state index in [-0.39, 0.29) is 33.4 Å². The van der Waals surface area contributed by atoms with Gasteiger partial charge in [0.25, 0.3) is 11.6 Å². The zero-order valence-corrected chi connectivity index (χ0v) is 12.8. The van der Waals surface area contributed by atoms with Crippen molar-refractivity contribution in [2.75, 3.05) is 6.61 Å². The van der Waals surface area contributed by atoms with E-state index in [9.17, 15) is 14.9 Å². The molecule has 0 bridgehead atoms. The predicted molar refractivity (Wildman–Crippen MR) is 79.0 cm³/mol. The molecule has 0 saturated carbocycles. The van der Waals surface area contributed by atoms with E-state index in [1.807, 2.05) is 6.92 Å². The molecule has 0 spiro atoms. The molecule has 2 atom stereocenters. The van der Waals surface area contributed by atoms with Gasteiger partial charge < -0.3 is 10.1 Å². The van der Waals surface area contributed by atoms with Crippen molar-refractivity contribution in [2.24, 2.45) is 0 Å². The van der Waals surface area contributed by atoms with Crippen LogP contribution in [0, 0.1) is 10.1 Å². The van der Waals surface area contributed by atoms with E-state index in [0.717, 1.165) is 25.0 Å². The third kappa shape index (κ3) is 3.64. The van der Waals surface area contributed by atoms with Crippen LogP contribution in [0.2, 0.25) is 10.0 Å². The first-order valence-electron chi connectivity index (χ1n) is 6.46. The number of halogens is 2. The monoisotopic (exact) mass is 332 g/mol. The van der Waals surface area contributed by atoms with E-state index in [1.165, 1.54) is 0 Å². The number of nitrogens with one attached hydrogen (secondary N) is 1. The summed E-state index contributed by atoms with van der Waals surface area (Å²) >= 11 is 11.8. The molecule has 8 heteroatoms. The summed E-state index contributed by atoms with van der Waals surface area (Å²) < 4.78 is 5.49. The van der Waals surface area contributed by atoms with Crippen LogP contribution in [0.25, 0.3) is 0 Å². The average Bonchev–Trinajstić information content (AvgIpc) is 2.95. The summed E-state index contributed by atoms with van der Waals surface area (Å²) in [6.45, 7) is 2.50. The molecule has 2 rings (SSSR count). The van der Waals surface area contributed by atoms with Crippen LogP contribution >= 0.6 is 23.2 Å². The second-order valence-corrected chi connectivity index (χ2v) is 5.65. The molecule has 21 heavy (non-hydrogen) atoms. The number of amides is 1. The Bertz CT molecular complexity index is 574. The summed E-state index contributed by atoms with van der Waals surface area (Å²) in [5, 5.41) is 13.5. The number of nitro benzene ring substituents is 1. The number of ether oxygens (including phenoxy) is 1. The van der Waals surface area contributed by atoms with Gasteiger partial charge in [0.15, 0.2) is 0 Å². The lowest BCUT2D eigenvalue weighted by molar-refractivity contribution is -0.384. The number of nitro groups is 1. The summed E-state index contributed by atoms with van der Waals surface area (Å²) in [6, 6.07) is 2.02. The Morgan fingerprint density at radius 1 is 1.52 bits per heavy atom. The molecule has 1 heterocycles. The number of nitrogens with zero attached hydrogens (tertiary/aromatic N) is 1. The first-order chi connectivity index (χ1) is 9.90. The Labute approximate surface area is 131 Å². The van der Waals surface area contributed by atoms with Crippen molar-refractivity contribution in [1.82, 2.24) is 5.32 Å². The van der Waals surface area contributed by atoms with Crippen molar-refractivity contribution < 1.29 is 14.5 Å². The molecule has 6 nitrogen and oxygen atoms in total. The minimum atomic E-state index is -0.623. The van der Waals surface area contributed by atoms with Gasteiger partial charge in [-0.1, -0.05) is 23.2 Å². The largest absolute Gasteiger partial charge is 0.376 e. The topological polar surface area (TPSA) is 81.5 Å². The smallest absolute Gasteiger partial charge is 0.271 e. The molecule has 2 unspecified atom stereocenters. The van der Waals surface area contributed by atoms with Gasteiger partial charge in [0.05, 0.1) is 32.7 Å². The normalized spacial score (nSPS) is 19.3. The fourth-order valence-electron chi connectivity index (χ4n) is 2.22. The minimum Gasteiger partial charge on any atom is -0.376 e. The van der Waals surface area contributed by atoms with Crippen LogP contribution in [0.4, 0.5) is 5.69 Å². The van der Waals surface area contributed by atoms with Crippen molar-refractivity contribution >= 4 is 34.8 Å². The van der Waals surface area contributed by atoms with E-state index in [0.29, 0.717) is 6.61 Å². The zero-order valence-electron chi connectivity index (χ0n) is 11.3. The third-order valence-corrected chi connectivity index (χ3v) is 4.15. The van der Waals surface area contributed by atoms with Gasteiger partial charge in [-0.15, -0.1) is 0 Å². The molecule has 0 aromatic heterocycles. The minimum absolute atomic E-state index is 0.000642. The maximum atomic E-state index is 12.2. The zero-order chi connectivity index (χ0) is 15.6. The number of carbonyl (C=O) groups excluding carboxylic acids is 1. The Morgan fingerprint density at radius 3 is 2.81 bits per heavy atom. The molecule has 1 N–H and O–H groups in total. The number of hydrogen-bond donors (Lipinski definition) is 1. The number of rotatable bonds is 4. The highest BCUT2D eigenvalue weighted by molar-refractivity contribution is 6.44. The molecular weight excluding hydrogens is 319 g/mol. The van der Waals surface area contributed by atoms with Crippen LogP contribution in [-0.4, -0.2) is 29.6 Å². The number of benzene rings is 1. The van der Waals surface area contributed by atoms with Crippen LogP contribution in [-0.2, 0) is 4.74 Å². The number of non-ortho nitro benzene ring substituents is 1. The highest BCUT2D eigenvalue weighted by Crippen LogP contribution is 2.31. The maximum Gasteiger partial charge on any atom is 0.271 e. The van der Waals surface area contributed by atoms with Gasteiger partial charge in [0.2, 0.25) is 0 Å². The fraction of sp³-hybridized carbons (Fsp3) is 0.462. The van der Waals surface area contributed by atoms with Gasteiger partial charge in [-0.05, 0) is 19.8 Å². The van der Waals surface area contributed by atoms with Crippen LogP contribution in [0.3, 0.4) is 0 Å². The summed E-state index contributed by atoms with van der Waals surface area (Å²) in [5.74, 6) is -0.506. The molecule has 1 saturated heterocycles. The Hall–Kier alpha value is -1.37. The van der Waals surface area contributed by atoms with Crippen LogP contribution in [0.5, 0.6) is 0 Å². The van der Waals surface area contributed by atoms with E-state index in [2.05, 4.69) is 5.32 Å². The highest BCUT2D eigenvalue weighted by Gasteiger charge is 2.26. The van der Waals surface area contributed by atoms with Gasteiger partial charge in [-0.2, -0.15) is 0 Å². The number of carbonyl (C=O) groups is 1. The van der Waals surface area contributed by atoms with E-state index >= 15 is 0 Å². The standard InChI is InChI=1S/C13H14Cl2N2O4/c1-7(11-3-2-4-21-11)16-13(18)9-5-8(17(19)20)6-10(14)12(9)15/h5-7,11H,2-4H2,1H3,(H,16,18). The molecule has 0 radical (unpaired) electrons. The van der Waals surface area contributed by atoms with E-state index in [1.54, 1.807) is 0 Å². The Kier molecular flexibility index (Phi) is 5.03. The van der Waals surface area contributed by atoms with Gasteiger partial charge in [-0.3, -0.25) is 14.9 Å². The van der Waals surface area contributed by atoms with Gasteiger partial charge >= 0.3 is 0 Å². The predicted octanol–water partition coefficient (Wildman–Crippen LogP) is 3.20. The van der Waals surface area contributed by atoms with E-state index < -0.39 is 10.8 Å². The fourth-order valence-corrected chi connectivity index (χ4v) is 2.63. The summed E-state index contributed by atoms with van der Waals surface area (Å²) in [6.07, 6.45) is 1.76. The molecule has 0 aliphatic carbocycles. The molecule has 1 amide bonds. The molecule has 1 aliphatic rings. The molecule has 1 aromatic carbocycles. The highest BCUT2D eigenvalue weighted by atomic mass is 35.5. The first kappa shape index (κ1) is 16.0. The molecular formula is C13H14Cl2N2O4. The molecule has 114 valence electrons. The van der Waals surface area contributed by atoms with Crippen molar-refractivity contribution in [2.45, 2.75) is 31.9 Å². The summed E-state index contributed by atoms with van der Waals surface area (Å²) in [5.41, 5.74) is -0.292. The van der Waals surface area contributed by atoms with Crippen LogP contribution in [0.1, 0.15) is 30.1 Å². The Balaban J connectivity index is 2.19. The van der Waals surface area contributed by atoms with Gasteiger partial charge in [0.1, 0.15) is 0 Å².